The van der Waals surface area contributed by atoms with Gasteiger partial charge in [0.1, 0.15) is 11.8 Å². The summed E-state index contributed by atoms with van der Waals surface area (Å²) in [7, 11) is 0. The van der Waals surface area contributed by atoms with Crippen LogP contribution in [0, 0.1) is 28.6 Å². The zero-order valence-corrected chi connectivity index (χ0v) is 12.6. The van der Waals surface area contributed by atoms with Crippen molar-refractivity contribution in [2.75, 3.05) is 0 Å². The second-order valence-electron chi connectivity index (χ2n) is 6.95. The first kappa shape index (κ1) is 14.6. The SMILES string of the molecule is CC(C)CC1C(C#N)=C(N)OC2=C1C(=O)CC(C)(C)C2. The molecule has 20 heavy (non-hydrogen) atoms. The van der Waals surface area contributed by atoms with E-state index < -0.39 is 0 Å². The molecule has 1 unspecified atom stereocenters. The van der Waals surface area contributed by atoms with Gasteiger partial charge in [0.2, 0.25) is 5.88 Å². The van der Waals surface area contributed by atoms with Crippen molar-refractivity contribution in [3.8, 4) is 6.07 Å². The highest BCUT2D eigenvalue weighted by molar-refractivity contribution is 5.98. The van der Waals surface area contributed by atoms with Gasteiger partial charge < -0.3 is 10.5 Å². The van der Waals surface area contributed by atoms with Crippen molar-refractivity contribution in [3.63, 3.8) is 0 Å². The van der Waals surface area contributed by atoms with Gasteiger partial charge in [-0.15, -0.1) is 0 Å². The van der Waals surface area contributed by atoms with E-state index in [1.165, 1.54) is 0 Å². The molecule has 1 atom stereocenters. The Bertz CT molecular complexity index is 547. The Morgan fingerprint density at radius 3 is 2.65 bits per heavy atom. The fraction of sp³-hybridized carbons (Fsp3) is 0.625. The van der Waals surface area contributed by atoms with Crippen molar-refractivity contribution in [3.05, 3.63) is 22.8 Å². The van der Waals surface area contributed by atoms with E-state index in [4.69, 9.17) is 10.5 Å². The Kier molecular flexibility index (Phi) is 3.64. The molecule has 2 aliphatic rings. The summed E-state index contributed by atoms with van der Waals surface area (Å²) in [6, 6.07) is 2.13. The fourth-order valence-electron chi connectivity index (χ4n) is 3.10. The number of carbonyl (C=O) groups is 1. The van der Waals surface area contributed by atoms with E-state index in [1.54, 1.807) is 0 Å². The second kappa shape index (κ2) is 4.97. The molecule has 0 aromatic carbocycles. The monoisotopic (exact) mass is 274 g/mol. The summed E-state index contributed by atoms with van der Waals surface area (Å²) < 4.78 is 5.61. The highest BCUT2D eigenvalue weighted by Crippen LogP contribution is 2.45. The number of hydrogen-bond donors (Lipinski definition) is 1. The predicted octanol–water partition coefficient (Wildman–Crippen LogP) is 3.02. The van der Waals surface area contributed by atoms with Crippen LogP contribution in [-0.2, 0) is 9.53 Å². The van der Waals surface area contributed by atoms with Crippen LogP contribution in [0.5, 0.6) is 0 Å². The number of rotatable bonds is 2. The minimum atomic E-state index is -0.202. The van der Waals surface area contributed by atoms with E-state index in [1.807, 2.05) is 0 Å². The first-order valence-electron chi connectivity index (χ1n) is 7.09. The fourth-order valence-corrected chi connectivity index (χ4v) is 3.10. The number of ketones is 1. The highest BCUT2D eigenvalue weighted by Gasteiger charge is 2.42. The van der Waals surface area contributed by atoms with Crippen molar-refractivity contribution in [1.82, 2.24) is 0 Å². The molecule has 108 valence electrons. The van der Waals surface area contributed by atoms with E-state index in [0.29, 0.717) is 35.7 Å². The summed E-state index contributed by atoms with van der Waals surface area (Å²) in [4.78, 5) is 12.5. The van der Waals surface area contributed by atoms with Gasteiger partial charge in [-0.25, -0.2) is 0 Å². The molecule has 0 bridgehead atoms. The topological polar surface area (TPSA) is 76.1 Å². The molecule has 0 amide bonds. The molecule has 1 aliphatic carbocycles. The maximum absolute atomic E-state index is 12.5. The van der Waals surface area contributed by atoms with Crippen molar-refractivity contribution in [2.24, 2.45) is 23.0 Å². The van der Waals surface area contributed by atoms with Crippen molar-refractivity contribution in [2.45, 2.75) is 47.0 Å². The number of nitrogens with two attached hydrogens (primary N) is 1. The van der Waals surface area contributed by atoms with E-state index in [0.717, 1.165) is 6.42 Å². The Hall–Kier alpha value is -1.76. The standard InChI is InChI=1S/C16H22N2O2/c1-9(2)5-10-11(8-17)15(18)20-13-7-16(3,4)6-12(19)14(10)13/h9-10H,5-7,18H2,1-4H3. The lowest BCUT2D eigenvalue weighted by molar-refractivity contribution is -0.119. The molecule has 0 saturated carbocycles. The minimum absolute atomic E-state index is 0.0992. The number of carbonyl (C=O) groups excluding carboxylic acids is 1. The third-order valence-corrected chi connectivity index (χ3v) is 3.90. The van der Waals surface area contributed by atoms with Crippen molar-refractivity contribution in [1.29, 1.82) is 5.26 Å². The van der Waals surface area contributed by atoms with Gasteiger partial charge in [-0.05, 0) is 17.8 Å². The Labute approximate surface area is 120 Å². The largest absolute Gasteiger partial charge is 0.444 e. The smallest absolute Gasteiger partial charge is 0.204 e. The molecule has 0 aromatic rings. The molecule has 4 heteroatoms. The van der Waals surface area contributed by atoms with Crippen molar-refractivity contribution >= 4 is 5.78 Å². The maximum atomic E-state index is 12.5. The second-order valence-corrected chi connectivity index (χ2v) is 6.95. The van der Waals surface area contributed by atoms with Gasteiger partial charge in [0, 0.05) is 24.3 Å². The van der Waals surface area contributed by atoms with Crippen LogP contribution in [0.4, 0.5) is 0 Å². The van der Waals surface area contributed by atoms with Crippen LogP contribution in [0.3, 0.4) is 0 Å². The maximum Gasteiger partial charge on any atom is 0.204 e. The van der Waals surface area contributed by atoms with E-state index in [2.05, 4.69) is 33.8 Å². The van der Waals surface area contributed by atoms with Crippen LogP contribution in [0.25, 0.3) is 0 Å². The first-order chi connectivity index (χ1) is 9.25. The summed E-state index contributed by atoms with van der Waals surface area (Å²) in [5.41, 5.74) is 6.87. The van der Waals surface area contributed by atoms with E-state index >= 15 is 0 Å². The Morgan fingerprint density at radius 1 is 1.45 bits per heavy atom. The molecule has 0 fully saturated rings. The third-order valence-electron chi connectivity index (χ3n) is 3.90. The number of ether oxygens (including phenoxy) is 1. The molecule has 2 N–H and O–H groups in total. The Morgan fingerprint density at radius 2 is 2.10 bits per heavy atom. The van der Waals surface area contributed by atoms with Crippen LogP contribution < -0.4 is 5.73 Å². The highest BCUT2D eigenvalue weighted by atomic mass is 16.5. The molecular formula is C16H22N2O2. The van der Waals surface area contributed by atoms with Gasteiger partial charge in [-0.3, -0.25) is 4.79 Å². The number of hydrogen-bond acceptors (Lipinski definition) is 4. The molecule has 1 aliphatic heterocycles. The van der Waals surface area contributed by atoms with Crippen LogP contribution in [0.2, 0.25) is 0 Å². The van der Waals surface area contributed by atoms with Gasteiger partial charge in [-0.2, -0.15) is 5.26 Å². The predicted molar refractivity (Wildman–Crippen MR) is 75.9 cm³/mol. The molecule has 4 nitrogen and oxygen atoms in total. The third kappa shape index (κ3) is 2.58. The molecule has 2 rings (SSSR count). The number of nitriles is 1. The first-order valence-corrected chi connectivity index (χ1v) is 7.09. The average Bonchev–Trinajstić information content (AvgIpc) is 2.25. The normalized spacial score (nSPS) is 25.4. The Balaban J connectivity index is 2.48. The molecule has 0 radical (unpaired) electrons. The molecule has 0 aromatic heterocycles. The quantitative estimate of drug-likeness (QED) is 0.839. The summed E-state index contributed by atoms with van der Waals surface area (Å²) >= 11 is 0. The van der Waals surface area contributed by atoms with Gasteiger partial charge in [0.15, 0.2) is 5.78 Å². The minimum Gasteiger partial charge on any atom is -0.444 e. The van der Waals surface area contributed by atoms with Crippen LogP contribution in [0.15, 0.2) is 22.8 Å². The summed E-state index contributed by atoms with van der Waals surface area (Å²) in [5, 5.41) is 9.32. The summed E-state index contributed by atoms with van der Waals surface area (Å²) in [6.45, 7) is 8.26. The van der Waals surface area contributed by atoms with Crippen LogP contribution >= 0.6 is 0 Å². The molecule has 0 saturated heterocycles. The number of nitrogens with zero attached hydrogens (tertiary/aromatic N) is 1. The van der Waals surface area contributed by atoms with E-state index in [9.17, 15) is 10.1 Å². The van der Waals surface area contributed by atoms with Crippen LogP contribution in [-0.4, -0.2) is 5.78 Å². The lowest BCUT2D eigenvalue weighted by Crippen LogP contribution is -2.34. The molecule has 0 spiro atoms. The zero-order valence-electron chi connectivity index (χ0n) is 12.6. The van der Waals surface area contributed by atoms with E-state index in [-0.39, 0.29) is 23.0 Å². The van der Waals surface area contributed by atoms with Crippen LogP contribution in [0.1, 0.15) is 47.0 Å². The summed E-state index contributed by atoms with van der Waals surface area (Å²) in [6.07, 6.45) is 1.95. The van der Waals surface area contributed by atoms with Gasteiger partial charge in [0.25, 0.3) is 0 Å². The lowest BCUT2D eigenvalue weighted by atomic mass is 9.70. The molecule has 1 heterocycles. The van der Waals surface area contributed by atoms with Gasteiger partial charge in [-0.1, -0.05) is 27.7 Å². The number of Topliss-reactive ketones (excluding diaryl/α,β-unsaturated/α-hetero) is 1. The summed E-state index contributed by atoms with van der Waals surface area (Å²) in [5.74, 6) is 1.12. The van der Waals surface area contributed by atoms with Crippen molar-refractivity contribution < 1.29 is 9.53 Å². The van der Waals surface area contributed by atoms with Gasteiger partial charge in [0.05, 0.1) is 5.57 Å². The zero-order chi connectivity index (χ0) is 15.1. The molecular weight excluding hydrogens is 252 g/mol. The van der Waals surface area contributed by atoms with Gasteiger partial charge >= 0.3 is 0 Å². The number of allylic oxidation sites excluding steroid dienone is 3. The lowest BCUT2D eigenvalue weighted by Gasteiger charge is -2.37. The average molecular weight is 274 g/mol.